The van der Waals surface area contributed by atoms with Crippen molar-refractivity contribution in [2.45, 2.75) is 11.8 Å². The van der Waals surface area contributed by atoms with Crippen LogP contribution in [-0.4, -0.2) is 37.4 Å². The Morgan fingerprint density at radius 3 is 1.83 bits per heavy atom. The number of nitrogens with two attached hydrogens (primary N) is 3. The lowest BCUT2D eigenvalue weighted by molar-refractivity contribution is 0.106. The minimum atomic E-state index is -5.06. The van der Waals surface area contributed by atoms with Crippen LogP contribution in [0.3, 0.4) is 0 Å². The van der Waals surface area contributed by atoms with Gasteiger partial charge in [-0.3, -0.25) is 19.3 Å². The maximum atomic E-state index is 13.7. The maximum absolute atomic E-state index is 13.7. The van der Waals surface area contributed by atoms with Gasteiger partial charge in [-0.1, -0.05) is 42.5 Å². The summed E-state index contributed by atoms with van der Waals surface area (Å²) in [5, 5.41) is 20.4. The van der Waals surface area contributed by atoms with Crippen LogP contribution in [0.5, 0.6) is 0 Å². The Morgan fingerprint density at radius 2 is 1.26 bits per heavy atom. The van der Waals surface area contributed by atoms with Crippen molar-refractivity contribution < 1.29 is 30.7 Å². The minimum Gasteiger partial charge on any atom is -0.398 e. The van der Waals surface area contributed by atoms with Crippen molar-refractivity contribution in [1.29, 1.82) is 0 Å². The summed E-state index contributed by atoms with van der Waals surface area (Å²) in [6.45, 7) is 1.85. The van der Waals surface area contributed by atoms with Crippen molar-refractivity contribution in [3.05, 3.63) is 119 Å². The number of nitrogen functional groups attached to an aromatic ring is 3. The van der Waals surface area contributed by atoms with E-state index < -0.39 is 52.9 Å². The minimum absolute atomic E-state index is 0.253. The Labute approximate surface area is 303 Å². The van der Waals surface area contributed by atoms with E-state index >= 15 is 0 Å². The lowest BCUT2D eigenvalue weighted by Crippen LogP contribution is -2.28. The fourth-order valence-electron chi connectivity index (χ4n) is 5.21. The number of carbonyl (C=O) groups excluding carboxylic acids is 1. The number of para-hydroxylation sites is 1. The highest BCUT2D eigenvalue weighted by atomic mass is 32.2. The Hall–Kier alpha value is -6.60. The number of hydrogen-bond acceptors (Lipinski definition) is 14. The van der Waals surface area contributed by atoms with E-state index in [1.54, 1.807) is 78.9 Å². The van der Waals surface area contributed by atoms with Gasteiger partial charge in [-0.05, 0) is 89.9 Å². The van der Waals surface area contributed by atoms with E-state index in [9.17, 15) is 30.7 Å². The van der Waals surface area contributed by atoms with Gasteiger partial charge in [-0.25, -0.2) is 0 Å². The zero-order valence-electron chi connectivity index (χ0n) is 27.5. The van der Waals surface area contributed by atoms with Crippen molar-refractivity contribution in [2.24, 2.45) is 25.6 Å². The largest absolute Gasteiger partial charge is 0.398 e. The number of nitrogens with zero attached hydrogens (tertiary/aromatic N) is 5. The van der Waals surface area contributed by atoms with Crippen LogP contribution in [0.4, 0.5) is 45.5 Å². The Balaban J connectivity index is 1.29. The van der Waals surface area contributed by atoms with Crippen molar-refractivity contribution in [2.75, 3.05) is 22.6 Å². The highest BCUT2D eigenvalue weighted by molar-refractivity contribution is 7.91. The number of nitrogens with one attached hydrogen (secondary N) is 1. The van der Waals surface area contributed by atoms with Crippen molar-refractivity contribution in [3.8, 4) is 11.1 Å². The summed E-state index contributed by atoms with van der Waals surface area (Å²) >= 11 is 0. The quantitative estimate of drug-likeness (QED) is 0.0374. The second-order valence-corrected chi connectivity index (χ2v) is 14.4. The summed E-state index contributed by atoms with van der Waals surface area (Å²) < 4.78 is 69.3. The number of fused-ring (bicyclic) bond motifs is 1. The lowest BCUT2D eigenvalue weighted by Gasteiger charge is -2.20. The normalized spacial score (nSPS) is 14.1. The van der Waals surface area contributed by atoms with E-state index in [2.05, 4.69) is 31.0 Å². The predicted octanol–water partition coefficient (Wildman–Crippen LogP) is 7.38. The van der Waals surface area contributed by atoms with Gasteiger partial charge in [0.25, 0.3) is 20.2 Å². The van der Waals surface area contributed by atoms with Gasteiger partial charge in [0.2, 0.25) is 5.78 Å². The molecule has 0 aliphatic heterocycles. The number of azo groups is 2. The van der Waals surface area contributed by atoms with Gasteiger partial charge >= 0.3 is 0 Å². The number of Topliss-reactive ketones (excluding diaryl/α,β-unsaturated/α-hetero) is 1. The third kappa shape index (κ3) is 7.85. The van der Waals surface area contributed by atoms with E-state index in [0.717, 1.165) is 28.8 Å². The van der Waals surface area contributed by atoms with Gasteiger partial charge in [0, 0.05) is 5.69 Å². The molecule has 268 valence electrons. The number of carbonyl (C=O) groups is 1. The van der Waals surface area contributed by atoms with Crippen molar-refractivity contribution in [1.82, 2.24) is 0 Å². The molecule has 0 atom stereocenters. The third-order valence-corrected chi connectivity index (χ3v) is 9.68. The summed E-state index contributed by atoms with van der Waals surface area (Å²) in [6, 6.07) is 26.3. The second-order valence-electron chi connectivity index (χ2n) is 11.6. The average Bonchev–Trinajstić information content (AvgIpc) is 3.11. The van der Waals surface area contributed by atoms with Gasteiger partial charge < -0.3 is 17.2 Å². The van der Waals surface area contributed by atoms with Gasteiger partial charge in [0.15, 0.2) is 5.71 Å². The molecular formula is C35H29N9O7S2. The molecule has 18 heteroatoms. The first kappa shape index (κ1) is 36.2. The molecule has 16 nitrogen and oxygen atoms in total. The summed E-state index contributed by atoms with van der Waals surface area (Å²) in [5.41, 5.74) is 23.3. The third-order valence-electron chi connectivity index (χ3n) is 7.94. The first-order valence-corrected chi connectivity index (χ1v) is 18.2. The van der Waals surface area contributed by atoms with Crippen LogP contribution >= 0.6 is 0 Å². The number of anilines is 4. The molecule has 0 heterocycles. The number of rotatable bonds is 9. The molecule has 0 saturated carbocycles. The predicted molar refractivity (Wildman–Crippen MR) is 202 cm³/mol. The molecule has 0 radical (unpaired) electrons. The molecule has 0 aromatic heterocycles. The van der Waals surface area contributed by atoms with Crippen LogP contribution in [0.2, 0.25) is 0 Å². The first-order valence-electron chi connectivity index (χ1n) is 15.4. The van der Waals surface area contributed by atoms with E-state index in [-0.39, 0.29) is 16.8 Å². The summed E-state index contributed by atoms with van der Waals surface area (Å²) in [4.78, 5) is 11.9. The van der Waals surface area contributed by atoms with Crippen LogP contribution in [0.15, 0.2) is 132 Å². The molecule has 0 bridgehead atoms. The SMILES string of the molecule is Cc1cc(N=Nc2ccc(-c3ccc(N=Nc4c(S(=O)(=O)O)cc5c(c4N)C(=O)/C(=N/Nc4ccccc4)C(S(=O)(=O)O)=C5)cc3)cc2)c(N)cc1N. The summed E-state index contributed by atoms with van der Waals surface area (Å²) in [7, 11) is -10.1. The fraction of sp³-hybridized carbons (Fsp3) is 0.0286. The topological polar surface area (TPSA) is 278 Å². The first-order chi connectivity index (χ1) is 25.1. The Kier molecular flexibility index (Phi) is 9.70. The average molecular weight is 752 g/mol. The highest BCUT2D eigenvalue weighted by Crippen LogP contribution is 2.41. The molecule has 9 N–H and O–H groups in total. The lowest BCUT2D eigenvalue weighted by atomic mass is 9.92. The number of hydrogen-bond donors (Lipinski definition) is 6. The molecule has 5 aromatic rings. The van der Waals surface area contributed by atoms with E-state index in [0.29, 0.717) is 28.4 Å². The van der Waals surface area contributed by atoms with Gasteiger partial charge in [-0.15, -0.1) is 10.2 Å². The van der Waals surface area contributed by atoms with Crippen LogP contribution < -0.4 is 22.6 Å². The molecule has 0 fully saturated rings. The number of ketones is 1. The van der Waals surface area contributed by atoms with Crippen LogP contribution in [0.25, 0.3) is 17.2 Å². The van der Waals surface area contributed by atoms with Gasteiger partial charge in [-0.2, -0.15) is 32.2 Å². The summed E-state index contributed by atoms with van der Waals surface area (Å²) in [6.07, 6.45) is 0.814. The summed E-state index contributed by atoms with van der Waals surface area (Å²) in [5.74, 6) is -1.07. The van der Waals surface area contributed by atoms with E-state index in [1.165, 1.54) is 0 Å². The molecule has 1 aliphatic rings. The molecule has 5 aromatic carbocycles. The van der Waals surface area contributed by atoms with E-state index in [4.69, 9.17) is 17.2 Å². The molecule has 0 unspecified atom stereocenters. The fourth-order valence-corrected chi connectivity index (χ4v) is 6.53. The van der Waals surface area contributed by atoms with Crippen molar-refractivity contribution in [3.63, 3.8) is 0 Å². The molecule has 0 spiro atoms. The number of benzene rings is 5. The molecule has 0 amide bonds. The molecule has 53 heavy (non-hydrogen) atoms. The molecule has 1 aliphatic carbocycles. The zero-order chi connectivity index (χ0) is 38.1. The second kappa shape index (κ2) is 14.2. The standard InChI is InChI=1S/C35H29N9O7S2/c1-19-15-28(27(37)18-26(19)36)42-39-24-11-7-20(8-12-24)21-9-13-25(14-10-21)41-43-33-29(52(46,47)48)16-22-17-30(53(49,50)51)34(35(45)31(22)32(33)38)44-40-23-5-3-2-4-6-23/h2-18,40H,36-38H2,1H3,(H,46,47,48)(H,49,50,51)/b42-39?,43-41?,44-34+. The van der Waals surface area contributed by atoms with Crippen molar-refractivity contribution >= 4 is 83.3 Å². The van der Waals surface area contributed by atoms with Crippen LogP contribution in [0, 0.1) is 6.92 Å². The Bertz CT molecular complexity index is 2630. The number of hydrazone groups is 1. The zero-order valence-corrected chi connectivity index (χ0v) is 29.2. The van der Waals surface area contributed by atoms with Crippen LogP contribution in [0.1, 0.15) is 21.5 Å². The van der Waals surface area contributed by atoms with Gasteiger partial charge in [0.05, 0.1) is 34.0 Å². The van der Waals surface area contributed by atoms with Gasteiger partial charge in [0.1, 0.15) is 21.2 Å². The highest BCUT2D eigenvalue weighted by Gasteiger charge is 2.37. The molecule has 0 saturated heterocycles. The maximum Gasteiger partial charge on any atom is 0.296 e. The smallest absolute Gasteiger partial charge is 0.296 e. The van der Waals surface area contributed by atoms with E-state index in [1.807, 2.05) is 19.1 Å². The molecule has 6 rings (SSSR count). The van der Waals surface area contributed by atoms with Crippen LogP contribution in [-0.2, 0) is 20.2 Å². The Morgan fingerprint density at radius 1 is 0.679 bits per heavy atom. The monoisotopic (exact) mass is 751 g/mol. The number of allylic oxidation sites excluding steroid dienone is 1. The molecular weight excluding hydrogens is 723 g/mol. The number of aryl methyl sites for hydroxylation is 1.